The van der Waals surface area contributed by atoms with Crippen molar-refractivity contribution in [1.29, 1.82) is 0 Å². The molecule has 1 aliphatic rings. The van der Waals surface area contributed by atoms with Crippen molar-refractivity contribution >= 4 is 0 Å². The first-order chi connectivity index (χ1) is 27.8. The highest BCUT2D eigenvalue weighted by atomic mass is 19.3. The standard InChI is InChI=1S/C48H45F3O6/c49-41-27-25-35(26-28-41)29-40-23-13-14-24-42(40)47(50,51)48(52)46(56-33-39-21-11-4-12-22-39)45(55-32-38-19-9-3-10-20-38)44(54-31-37-17-7-2-8-18-37)43(57-48)34-53-30-36-15-5-1-6-16-36/h1-28,43-46,52H,29-34H2/t43-,44-,45+,46-,48-/m1/s1. The third-order valence-corrected chi connectivity index (χ3v) is 10.1. The van der Waals surface area contributed by atoms with E-state index in [1.54, 1.807) is 24.3 Å². The van der Waals surface area contributed by atoms with Crippen LogP contribution in [0, 0.1) is 5.82 Å². The Morgan fingerprint density at radius 3 is 1.53 bits per heavy atom. The van der Waals surface area contributed by atoms with Crippen LogP contribution in [0.15, 0.2) is 170 Å². The minimum atomic E-state index is -4.10. The van der Waals surface area contributed by atoms with Crippen LogP contribution in [0.3, 0.4) is 0 Å². The second-order valence-electron chi connectivity index (χ2n) is 14.1. The van der Waals surface area contributed by atoms with E-state index in [0.717, 1.165) is 16.7 Å². The van der Waals surface area contributed by atoms with Crippen molar-refractivity contribution < 1.29 is 42.0 Å². The largest absolute Gasteiger partial charge is 0.374 e. The number of benzene rings is 6. The Labute approximate surface area is 331 Å². The van der Waals surface area contributed by atoms with Crippen molar-refractivity contribution in [2.75, 3.05) is 6.61 Å². The topological polar surface area (TPSA) is 66.4 Å². The molecule has 294 valence electrons. The van der Waals surface area contributed by atoms with Gasteiger partial charge in [-0.05, 0) is 51.9 Å². The van der Waals surface area contributed by atoms with Gasteiger partial charge in [0.1, 0.15) is 30.2 Å². The molecule has 57 heavy (non-hydrogen) atoms. The number of halogens is 3. The molecule has 0 bridgehead atoms. The van der Waals surface area contributed by atoms with Crippen molar-refractivity contribution in [3.63, 3.8) is 0 Å². The molecule has 1 saturated heterocycles. The summed E-state index contributed by atoms with van der Waals surface area (Å²) in [4.78, 5) is 0. The number of hydrogen-bond acceptors (Lipinski definition) is 6. The van der Waals surface area contributed by atoms with E-state index in [-0.39, 0.29) is 45.0 Å². The monoisotopic (exact) mass is 774 g/mol. The lowest BCUT2D eigenvalue weighted by Crippen LogP contribution is -2.72. The molecule has 6 aromatic rings. The average Bonchev–Trinajstić information content (AvgIpc) is 3.24. The Morgan fingerprint density at radius 2 is 0.982 bits per heavy atom. The van der Waals surface area contributed by atoms with Crippen molar-refractivity contribution in [2.45, 2.75) is 69.0 Å². The van der Waals surface area contributed by atoms with E-state index < -0.39 is 47.5 Å². The molecule has 0 aromatic heterocycles. The molecule has 1 fully saturated rings. The Balaban J connectivity index is 1.31. The van der Waals surface area contributed by atoms with Gasteiger partial charge in [0, 0.05) is 5.56 Å². The molecule has 0 radical (unpaired) electrons. The lowest BCUT2D eigenvalue weighted by atomic mass is 9.83. The van der Waals surface area contributed by atoms with Crippen LogP contribution in [0.5, 0.6) is 0 Å². The van der Waals surface area contributed by atoms with Crippen LogP contribution in [-0.2, 0) is 62.5 Å². The fourth-order valence-electron chi connectivity index (χ4n) is 7.10. The maximum atomic E-state index is 17.9. The zero-order valence-corrected chi connectivity index (χ0v) is 31.3. The zero-order chi connectivity index (χ0) is 39.5. The number of ether oxygens (including phenoxy) is 5. The molecule has 6 nitrogen and oxygen atoms in total. The van der Waals surface area contributed by atoms with E-state index in [1.165, 1.54) is 24.3 Å². The lowest BCUT2D eigenvalue weighted by Gasteiger charge is -2.52. The van der Waals surface area contributed by atoms with Gasteiger partial charge in [-0.2, -0.15) is 8.78 Å². The quantitative estimate of drug-likeness (QED) is 0.0997. The molecule has 9 heteroatoms. The van der Waals surface area contributed by atoms with Crippen LogP contribution in [-0.4, -0.2) is 41.9 Å². The van der Waals surface area contributed by atoms with Gasteiger partial charge in [0.2, 0.25) is 0 Å². The number of rotatable bonds is 17. The summed E-state index contributed by atoms with van der Waals surface area (Å²) in [6.45, 7) is -0.111. The number of alkyl halides is 2. The van der Waals surface area contributed by atoms with Gasteiger partial charge in [0.05, 0.1) is 33.0 Å². The van der Waals surface area contributed by atoms with Crippen molar-refractivity contribution in [3.8, 4) is 0 Å². The van der Waals surface area contributed by atoms with Crippen LogP contribution in [0.25, 0.3) is 0 Å². The summed E-state index contributed by atoms with van der Waals surface area (Å²) in [5, 5.41) is 12.8. The summed E-state index contributed by atoms with van der Waals surface area (Å²) in [5.41, 5.74) is 3.53. The van der Waals surface area contributed by atoms with Crippen molar-refractivity contribution in [2.24, 2.45) is 0 Å². The van der Waals surface area contributed by atoms with Gasteiger partial charge in [0.25, 0.3) is 5.79 Å². The summed E-state index contributed by atoms with van der Waals surface area (Å²) in [6, 6.07) is 48.9. The van der Waals surface area contributed by atoms with Gasteiger partial charge < -0.3 is 28.8 Å². The molecule has 6 aromatic carbocycles. The zero-order valence-electron chi connectivity index (χ0n) is 31.3. The molecule has 1 heterocycles. The Kier molecular flexibility index (Phi) is 13.3. The summed E-state index contributed by atoms with van der Waals surface area (Å²) in [5.74, 6) is -7.84. The van der Waals surface area contributed by atoms with Crippen molar-refractivity contribution in [1.82, 2.24) is 0 Å². The first-order valence-corrected chi connectivity index (χ1v) is 19.0. The normalized spacial score (nSPS) is 21.0. The van der Waals surface area contributed by atoms with Gasteiger partial charge in [-0.15, -0.1) is 0 Å². The second-order valence-corrected chi connectivity index (χ2v) is 14.1. The Bertz CT molecular complexity index is 2110. The third-order valence-electron chi connectivity index (χ3n) is 10.1. The predicted octanol–water partition coefficient (Wildman–Crippen LogP) is 9.57. The van der Waals surface area contributed by atoms with Crippen molar-refractivity contribution in [3.05, 3.63) is 215 Å². The first kappa shape index (κ1) is 40.1. The smallest absolute Gasteiger partial charge is 0.328 e. The van der Waals surface area contributed by atoms with E-state index in [0.29, 0.717) is 11.1 Å². The predicted molar refractivity (Wildman–Crippen MR) is 211 cm³/mol. The fourth-order valence-corrected chi connectivity index (χ4v) is 7.10. The highest BCUT2D eigenvalue weighted by molar-refractivity contribution is 5.38. The minimum absolute atomic E-state index is 0.00228. The van der Waals surface area contributed by atoms with Crippen LogP contribution in [0.2, 0.25) is 0 Å². The summed E-state index contributed by atoms with van der Waals surface area (Å²) >= 11 is 0. The van der Waals surface area contributed by atoms with Gasteiger partial charge in [-0.25, -0.2) is 4.39 Å². The molecule has 0 amide bonds. The van der Waals surface area contributed by atoms with Gasteiger partial charge >= 0.3 is 5.92 Å². The molecule has 1 N–H and O–H groups in total. The molecule has 0 spiro atoms. The highest BCUT2D eigenvalue weighted by Gasteiger charge is 2.68. The van der Waals surface area contributed by atoms with Crippen LogP contribution in [0.1, 0.15) is 38.9 Å². The lowest BCUT2D eigenvalue weighted by molar-refractivity contribution is -0.429. The Morgan fingerprint density at radius 1 is 0.526 bits per heavy atom. The van der Waals surface area contributed by atoms with E-state index in [4.69, 9.17) is 23.7 Å². The molecular formula is C48H45F3O6. The van der Waals surface area contributed by atoms with E-state index in [1.807, 2.05) is 121 Å². The molecule has 5 atom stereocenters. The molecule has 1 aliphatic heterocycles. The molecule has 0 saturated carbocycles. The highest BCUT2D eigenvalue weighted by Crippen LogP contribution is 2.50. The molecule has 7 rings (SSSR count). The summed E-state index contributed by atoms with van der Waals surface area (Å²) in [6.07, 6.45) is -5.35. The summed E-state index contributed by atoms with van der Waals surface area (Å²) < 4.78 is 81.7. The first-order valence-electron chi connectivity index (χ1n) is 19.0. The Hall–Kier alpha value is -5.13. The van der Waals surface area contributed by atoms with Gasteiger partial charge in [-0.3, -0.25) is 0 Å². The second kappa shape index (κ2) is 18.9. The van der Waals surface area contributed by atoms with Crippen LogP contribution >= 0.6 is 0 Å². The fraction of sp³-hybridized carbons (Fsp3) is 0.250. The van der Waals surface area contributed by atoms with E-state index in [9.17, 15) is 9.50 Å². The van der Waals surface area contributed by atoms with Crippen LogP contribution in [0.4, 0.5) is 13.2 Å². The summed E-state index contributed by atoms with van der Waals surface area (Å²) in [7, 11) is 0. The maximum Gasteiger partial charge on any atom is 0.328 e. The molecule has 0 aliphatic carbocycles. The maximum absolute atomic E-state index is 17.9. The van der Waals surface area contributed by atoms with E-state index >= 15 is 8.78 Å². The number of hydrogen-bond donors (Lipinski definition) is 1. The van der Waals surface area contributed by atoms with E-state index in [2.05, 4.69) is 0 Å². The van der Waals surface area contributed by atoms with Gasteiger partial charge in [0.15, 0.2) is 0 Å². The minimum Gasteiger partial charge on any atom is -0.374 e. The molecule has 0 unspecified atom stereocenters. The number of aliphatic hydroxyl groups is 1. The van der Waals surface area contributed by atoms with Gasteiger partial charge in [-0.1, -0.05) is 158 Å². The van der Waals surface area contributed by atoms with Crippen LogP contribution < -0.4 is 0 Å². The SMILES string of the molecule is O[C@@]1(C(F)(F)c2ccccc2Cc2ccc(F)cc2)O[C@H](COCc2ccccc2)[C@@H](OCc2ccccc2)[C@H](OCc2ccccc2)[C@H]1OCc1ccccc1. The average molecular weight is 775 g/mol. The third kappa shape index (κ3) is 9.88. The molecular weight excluding hydrogens is 730 g/mol.